The van der Waals surface area contributed by atoms with E-state index in [0.717, 1.165) is 13.0 Å². The van der Waals surface area contributed by atoms with E-state index in [2.05, 4.69) is 12.2 Å². The van der Waals surface area contributed by atoms with Gasteiger partial charge in [-0.3, -0.25) is 0 Å². The van der Waals surface area contributed by atoms with Crippen LogP contribution < -0.4 is 11.1 Å². The summed E-state index contributed by atoms with van der Waals surface area (Å²) in [7, 11) is 0. The lowest BCUT2D eigenvalue weighted by Crippen LogP contribution is -2.37. The molecule has 1 fully saturated rings. The predicted molar refractivity (Wildman–Crippen MR) is 38.3 cm³/mol. The van der Waals surface area contributed by atoms with Gasteiger partial charge in [-0.15, -0.1) is 0 Å². The average Bonchev–Trinajstić information content (AvgIpc) is 2.37. The van der Waals surface area contributed by atoms with Gasteiger partial charge in [0.15, 0.2) is 0 Å². The zero-order valence-electron chi connectivity index (χ0n) is 6.01. The van der Waals surface area contributed by atoms with E-state index in [4.69, 9.17) is 5.73 Å². The minimum absolute atomic E-state index is 0.326. The summed E-state index contributed by atoms with van der Waals surface area (Å²) in [5.74, 6) is 0. The Bertz CT molecular complexity index is 77.0. The van der Waals surface area contributed by atoms with Gasteiger partial charge in [0, 0.05) is 18.6 Å². The van der Waals surface area contributed by atoms with Crippen LogP contribution in [0.1, 0.15) is 26.2 Å². The zero-order valence-corrected chi connectivity index (χ0v) is 6.01. The van der Waals surface area contributed by atoms with Gasteiger partial charge in [-0.1, -0.05) is 6.92 Å². The Morgan fingerprint density at radius 2 is 2.56 bits per heavy atom. The van der Waals surface area contributed by atoms with Gasteiger partial charge in [-0.2, -0.15) is 0 Å². The molecule has 2 nitrogen and oxygen atoms in total. The van der Waals surface area contributed by atoms with E-state index < -0.39 is 0 Å². The lowest BCUT2D eigenvalue weighted by atomic mass is 10.1. The summed E-state index contributed by atoms with van der Waals surface area (Å²) in [6.07, 6.45) is 3.53. The van der Waals surface area contributed by atoms with E-state index in [0.29, 0.717) is 12.1 Å². The molecular weight excluding hydrogens is 112 g/mol. The monoisotopic (exact) mass is 127 g/mol. The predicted octanol–water partition coefficient (Wildman–Crippen LogP) is 0.490. The van der Waals surface area contributed by atoms with Gasteiger partial charge in [0.1, 0.15) is 0 Å². The van der Waals surface area contributed by atoms with Crippen molar-refractivity contribution >= 4 is 0 Å². The lowest BCUT2D eigenvalue weighted by Gasteiger charge is -2.14. The molecule has 1 heterocycles. The van der Waals surface area contributed by atoms with E-state index in [1.807, 2.05) is 0 Å². The first kappa shape index (κ1) is 7.03. The molecule has 0 spiro atoms. The van der Waals surface area contributed by atoms with Crippen molar-refractivity contribution in [1.29, 1.82) is 0 Å². The first-order chi connectivity index (χ1) is 4.34. The average molecular weight is 127 g/mol. The molecular formula is C7H15N2. The minimum atomic E-state index is 0.326. The van der Waals surface area contributed by atoms with Gasteiger partial charge in [-0.25, -0.2) is 5.32 Å². The van der Waals surface area contributed by atoms with Crippen LogP contribution in [0.25, 0.3) is 0 Å². The van der Waals surface area contributed by atoms with Crippen molar-refractivity contribution in [3.63, 3.8) is 0 Å². The number of hydrogen-bond acceptors (Lipinski definition) is 1. The number of rotatable bonds is 2. The van der Waals surface area contributed by atoms with E-state index in [-0.39, 0.29) is 0 Å². The maximum absolute atomic E-state index is 5.78. The minimum Gasteiger partial charge on any atom is -0.326 e. The zero-order chi connectivity index (χ0) is 6.69. The SMILES string of the molecule is CCC(N)C1CCC[N]1. The van der Waals surface area contributed by atoms with Gasteiger partial charge in [0.2, 0.25) is 0 Å². The maximum Gasteiger partial charge on any atom is 0.0397 e. The molecule has 0 aromatic rings. The number of nitrogens with zero attached hydrogens (tertiary/aromatic N) is 1. The highest BCUT2D eigenvalue weighted by Crippen LogP contribution is 2.10. The van der Waals surface area contributed by atoms with Gasteiger partial charge < -0.3 is 5.73 Å². The van der Waals surface area contributed by atoms with Gasteiger partial charge >= 0.3 is 0 Å². The van der Waals surface area contributed by atoms with Crippen molar-refractivity contribution < 1.29 is 0 Å². The normalized spacial score (nSPS) is 30.7. The van der Waals surface area contributed by atoms with Crippen molar-refractivity contribution in [3.05, 3.63) is 0 Å². The molecule has 9 heavy (non-hydrogen) atoms. The van der Waals surface area contributed by atoms with Crippen molar-refractivity contribution in [2.45, 2.75) is 38.3 Å². The number of nitrogens with two attached hydrogens (primary N) is 1. The molecule has 2 atom stereocenters. The molecule has 2 unspecified atom stereocenters. The van der Waals surface area contributed by atoms with Gasteiger partial charge in [0.25, 0.3) is 0 Å². The number of hydrogen-bond donors (Lipinski definition) is 1. The Kier molecular flexibility index (Phi) is 2.49. The molecule has 0 amide bonds. The third-order valence-corrected chi connectivity index (χ3v) is 1.99. The Hall–Kier alpha value is -0.0800. The summed E-state index contributed by atoms with van der Waals surface area (Å²) in [4.78, 5) is 0. The third kappa shape index (κ3) is 1.66. The molecule has 0 bridgehead atoms. The summed E-state index contributed by atoms with van der Waals surface area (Å²) < 4.78 is 0. The van der Waals surface area contributed by atoms with E-state index >= 15 is 0 Å². The molecule has 0 aliphatic carbocycles. The smallest absolute Gasteiger partial charge is 0.0397 e. The van der Waals surface area contributed by atoms with Crippen LogP contribution in [0.5, 0.6) is 0 Å². The van der Waals surface area contributed by atoms with Crippen LogP contribution >= 0.6 is 0 Å². The molecule has 0 saturated carbocycles. The van der Waals surface area contributed by atoms with Crippen LogP contribution in [0.3, 0.4) is 0 Å². The first-order valence-corrected chi connectivity index (χ1v) is 3.76. The molecule has 1 aliphatic rings. The van der Waals surface area contributed by atoms with Crippen molar-refractivity contribution in [1.82, 2.24) is 5.32 Å². The van der Waals surface area contributed by atoms with E-state index in [9.17, 15) is 0 Å². The molecule has 1 aliphatic heterocycles. The Morgan fingerprint density at radius 1 is 1.78 bits per heavy atom. The Morgan fingerprint density at radius 3 is 3.00 bits per heavy atom. The van der Waals surface area contributed by atoms with Crippen molar-refractivity contribution in [3.8, 4) is 0 Å². The largest absolute Gasteiger partial charge is 0.326 e. The van der Waals surface area contributed by atoms with Crippen LogP contribution in [-0.2, 0) is 0 Å². The highest BCUT2D eigenvalue weighted by atomic mass is 15.0. The van der Waals surface area contributed by atoms with Gasteiger partial charge in [-0.05, 0) is 19.3 Å². The molecule has 1 saturated heterocycles. The fourth-order valence-electron chi connectivity index (χ4n) is 1.27. The molecule has 0 aromatic carbocycles. The molecule has 2 heteroatoms. The summed E-state index contributed by atoms with van der Waals surface area (Å²) in [5.41, 5.74) is 5.78. The standard InChI is InChI=1S/C7H15N2/c1-2-6(8)7-4-3-5-9-7/h6-7H,2-5,8H2,1H3. The first-order valence-electron chi connectivity index (χ1n) is 3.76. The van der Waals surface area contributed by atoms with Crippen LogP contribution in [0.4, 0.5) is 0 Å². The third-order valence-electron chi connectivity index (χ3n) is 1.99. The van der Waals surface area contributed by atoms with E-state index in [1.165, 1.54) is 12.8 Å². The Balaban J connectivity index is 2.24. The quantitative estimate of drug-likeness (QED) is 0.576. The second-order valence-electron chi connectivity index (χ2n) is 2.69. The summed E-state index contributed by atoms with van der Waals surface area (Å²) >= 11 is 0. The van der Waals surface area contributed by atoms with Gasteiger partial charge in [0.05, 0.1) is 0 Å². The fourth-order valence-corrected chi connectivity index (χ4v) is 1.27. The fraction of sp³-hybridized carbons (Fsp3) is 1.00. The Labute approximate surface area is 56.8 Å². The topological polar surface area (TPSA) is 40.1 Å². The molecule has 1 radical (unpaired) electrons. The lowest BCUT2D eigenvalue weighted by molar-refractivity contribution is 0.467. The van der Waals surface area contributed by atoms with Crippen molar-refractivity contribution in [2.75, 3.05) is 6.54 Å². The summed E-state index contributed by atoms with van der Waals surface area (Å²) in [6, 6.07) is 0.808. The highest BCUT2D eigenvalue weighted by Gasteiger charge is 2.20. The highest BCUT2D eigenvalue weighted by molar-refractivity contribution is 4.82. The molecule has 1 rings (SSSR count). The van der Waals surface area contributed by atoms with E-state index in [1.54, 1.807) is 0 Å². The van der Waals surface area contributed by atoms with Crippen LogP contribution in [0.2, 0.25) is 0 Å². The van der Waals surface area contributed by atoms with Crippen LogP contribution in [0.15, 0.2) is 0 Å². The second kappa shape index (κ2) is 3.18. The summed E-state index contributed by atoms with van der Waals surface area (Å²) in [6.45, 7) is 3.16. The summed E-state index contributed by atoms with van der Waals surface area (Å²) in [5, 5.41) is 4.38. The maximum atomic E-state index is 5.78. The van der Waals surface area contributed by atoms with Crippen LogP contribution in [-0.4, -0.2) is 18.6 Å². The molecule has 53 valence electrons. The molecule has 2 N–H and O–H groups in total. The van der Waals surface area contributed by atoms with Crippen LogP contribution in [0, 0.1) is 0 Å². The molecule has 0 aromatic heterocycles. The second-order valence-corrected chi connectivity index (χ2v) is 2.69. The van der Waals surface area contributed by atoms with Crippen molar-refractivity contribution in [2.24, 2.45) is 5.73 Å².